The van der Waals surface area contributed by atoms with Crippen molar-refractivity contribution < 1.29 is 9.53 Å². The van der Waals surface area contributed by atoms with E-state index < -0.39 is 0 Å². The summed E-state index contributed by atoms with van der Waals surface area (Å²) < 4.78 is 5.16. The maximum atomic E-state index is 11.2. The Morgan fingerprint density at radius 1 is 1.58 bits per heavy atom. The summed E-state index contributed by atoms with van der Waals surface area (Å²) in [7, 11) is 1.62. The molecule has 0 aliphatic rings. The lowest BCUT2D eigenvalue weighted by molar-refractivity contribution is -0.124. The van der Waals surface area contributed by atoms with Gasteiger partial charge in [0.15, 0.2) is 0 Å². The molecule has 1 amide bonds. The van der Waals surface area contributed by atoms with E-state index in [1.807, 2.05) is 13.8 Å². The molecule has 12 heavy (non-hydrogen) atoms. The number of ether oxygens (including phenoxy) is 1. The maximum Gasteiger partial charge on any atom is 0.230 e. The van der Waals surface area contributed by atoms with Gasteiger partial charge in [0.25, 0.3) is 0 Å². The molecule has 0 rings (SSSR count). The van der Waals surface area contributed by atoms with Gasteiger partial charge in [-0.3, -0.25) is 4.79 Å². The number of nitrogens with one attached hydrogen (secondary N) is 1. The van der Waals surface area contributed by atoms with Gasteiger partial charge in [0, 0.05) is 7.05 Å². The van der Waals surface area contributed by atoms with Crippen molar-refractivity contribution in [1.82, 2.24) is 5.32 Å². The molecule has 0 saturated heterocycles. The van der Waals surface area contributed by atoms with Gasteiger partial charge in [0.1, 0.15) is 5.76 Å². The van der Waals surface area contributed by atoms with Crippen LogP contribution in [0.3, 0.4) is 0 Å². The molecule has 70 valence electrons. The number of rotatable bonds is 5. The highest BCUT2D eigenvalue weighted by atomic mass is 16.5. The maximum absolute atomic E-state index is 11.2. The molecule has 0 saturated carbocycles. The fourth-order valence-electron chi connectivity index (χ4n) is 1.02. The molecule has 0 aromatic heterocycles. The lowest BCUT2D eigenvalue weighted by Crippen LogP contribution is -2.28. The van der Waals surface area contributed by atoms with Crippen LogP contribution in [0.15, 0.2) is 12.3 Å². The molecule has 0 aromatic rings. The Morgan fingerprint density at radius 2 is 2.17 bits per heavy atom. The Hall–Kier alpha value is -0.990. The van der Waals surface area contributed by atoms with Crippen LogP contribution in [-0.4, -0.2) is 19.6 Å². The summed E-state index contributed by atoms with van der Waals surface area (Å²) in [5.74, 6) is 0.310. The number of carbonyl (C=O) groups is 1. The molecular weight excluding hydrogens is 154 g/mol. The predicted octanol–water partition coefficient (Wildman–Crippen LogP) is 1.31. The van der Waals surface area contributed by atoms with E-state index in [1.165, 1.54) is 0 Å². The first-order valence-corrected chi connectivity index (χ1v) is 4.20. The zero-order chi connectivity index (χ0) is 9.56. The topological polar surface area (TPSA) is 38.3 Å². The highest BCUT2D eigenvalue weighted by Crippen LogP contribution is 2.14. The summed E-state index contributed by atoms with van der Waals surface area (Å²) in [6.45, 7) is 8.07. The van der Waals surface area contributed by atoms with Gasteiger partial charge < -0.3 is 10.1 Å². The van der Waals surface area contributed by atoms with Gasteiger partial charge in [-0.1, -0.05) is 13.5 Å². The molecule has 1 atom stereocenters. The molecule has 0 heterocycles. The van der Waals surface area contributed by atoms with Crippen molar-refractivity contribution in [2.45, 2.75) is 20.3 Å². The smallest absolute Gasteiger partial charge is 0.230 e. The van der Waals surface area contributed by atoms with Gasteiger partial charge in [0.2, 0.25) is 5.91 Å². The monoisotopic (exact) mass is 171 g/mol. The number of carbonyl (C=O) groups excluding carboxylic acids is 1. The molecule has 0 aliphatic carbocycles. The Morgan fingerprint density at radius 3 is 2.50 bits per heavy atom. The second kappa shape index (κ2) is 5.63. The van der Waals surface area contributed by atoms with E-state index in [0.717, 1.165) is 6.42 Å². The van der Waals surface area contributed by atoms with Gasteiger partial charge >= 0.3 is 0 Å². The molecular formula is C9H17NO2. The van der Waals surface area contributed by atoms with Crippen molar-refractivity contribution in [3.63, 3.8) is 0 Å². The van der Waals surface area contributed by atoms with Gasteiger partial charge in [0.05, 0.1) is 12.5 Å². The van der Waals surface area contributed by atoms with Crippen molar-refractivity contribution in [3.05, 3.63) is 12.3 Å². The largest absolute Gasteiger partial charge is 0.498 e. The molecule has 0 aliphatic heterocycles. The summed E-state index contributed by atoms with van der Waals surface area (Å²) in [5, 5.41) is 2.58. The lowest BCUT2D eigenvalue weighted by atomic mass is 10.0. The van der Waals surface area contributed by atoms with Crippen LogP contribution in [0.2, 0.25) is 0 Å². The zero-order valence-electron chi connectivity index (χ0n) is 8.02. The van der Waals surface area contributed by atoms with Gasteiger partial charge in [-0.05, 0) is 13.3 Å². The first-order chi connectivity index (χ1) is 5.67. The van der Waals surface area contributed by atoms with Crippen LogP contribution in [0.25, 0.3) is 0 Å². The molecule has 0 aromatic carbocycles. The average Bonchev–Trinajstić information content (AvgIpc) is 2.06. The highest BCUT2D eigenvalue weighted by molar-refractivity contribution is 5.80. The van der Waals surface area contributed by atoms with Crippen molar-refractivity contribution >= 4 is 5.91 Å². The lowest BCUT2D eigenvalue weighted by Gasteiger charge is -2.15. The molecule has 1 unspecified atom stereocenters. The van der Waals surface area contributed by atoms with E-state index in [1.54, 1.807) is 7.05 Å². The third-order valence-electron chi connectivity index (χ3n) is 1.69. The Labute approximate surface area is 73.8 Å². The van der Waals surface area contributed by atoms with E-state index in [0.29, 0.717) is 12.4 Å². The minimum atomic E-state index is -0.213. The van der Waals surface area contributed by atoms with Crippen molar-refractivity contribution in [1.29, 1.82) is 0 Å². The molecule has 0 bridgehead atoms. The molecule has 1 N–H and O–H groups in total. The Kier molecular flexibility index (Phi) is 5.17. The van der Waals surface area contributed by atoms with E-state index in [-0.39, 0.29) is 11.8 Å². The fourth-order valence-corrected chi connectivity index (χ4v) is 1.02. The number of hydrogen-bond donors (Lipinski definition) is 1. The van der Waals surface area contributed by atoms with Crippen LogP contribution < -0.4 is 5.32 Å². The minimum absolute atomic E-state index is 0.0315. The van der Waals surface area contributed by atoms with Crippen LogP contribution in [0.4, 0.5) is 0 Å². The molecule has 0 radical (unpaired) electrons. The van der Waals surface area contributed by atoms with Crippen molar-refractivity contribution in [2.75, 3.05) is 13.7 Å². The summed E-state index contributed by atoms with van der Waals surface area (Å²) >= 11 is 0. The van der Waals surface area contributed by atoms with E-state index in [2.05, 4.69) is 11.9 Å². The fraction of sp³-hybridized carbons (Fsp3) is 0.667. The van der Waals surface area contributed by atoms with Crippen molar-refractivity contribution in [2.24, 2.45) is 5.92 Å². The number of hydrogen-bond acceptors (Lipinski definition) is 2. The van der Waals surface area contributed by atoms with E-state index >= 15 is 0 Å². The molecule has 3 heteroatoms. The highest BCUT2D eigenvalue weighted by Gasteiger charge is 2.18. The summed E-state index contributed by atoms with van der Waals surface area (Å²) in [4.78, 5) is 11.2. The molecule has 0 fully saturated rings. The third-order valence-corrected chi connectivity index (χ3v) is 1.69. The van der Waals surface area contributed by atoms with Gasteiger partial charge in [-0.25, -0.2) is 0 Å². The van der Waals surface area contributed by atoms with Crippen LogP contribution >= 0.6 is 0 Å². The SMILES string of the molecule is C=C(OCC)C(CC)C(=O)NC. The molecule has 3 nitrogen and oxygen atoms in total. The predicted molar refractivity (Wildman–Crippen MR) is 48.6 cm³/mol. The normalized spacial score (nSPS) is 11.9. The summed E-state index contributed by atoms with van der Waals surface area (Å²) in [6.07, 6.45) is 0.721. The van der Waals surface area contributed by atoms with Crippen LogP contribution in [0, 0.1) is 5.92 Å². The average molecular weight is 171 g/mol. The van der Waals surface area contributed by atoms with Crippen molar-refractivity contribution in [3.8, 4) is 0 Å². The molecule has 0 spiro atoms. The quantitative estimate of drug-likeness (QED) is 0.633. The zero-order valence-corrected chi connectivity index (χ0v) is 8.02. The van der Waals surface area contributed by atoms with Crippen LogP contribution in [-0.2, 0) is 9.53 Å². The third kappa shape index (κ3) is 2.95. The first-order valence-electron chi connectivity index (χ1n) is 4.20. The summed E-state index contributed by atoms with van der Waals surface area (Å²) in [5.41, 5.74) is 0. The standard InChI is InChI=1S/C9H17NO2/c1-5-8(9(11)10-4)7(3)12-6-2/h8H,3,5-6H2,1-2,4H3,(H,10,11). The minimum Gasteiger partial charge on any atom is -0.498 e. The second-order valence-electron chi connectivity index (χ2n) is 2.47. The Balaban J connectivity index is 4.14. The van der Waals surface area contributed by atoms with E-state index in [4.69, 9.17) is 4.74 Å². The Bertz CT molecular complexity index is 166. The van der Waals surface area contributed by atoms with E-state index in [9.17, 15) is 4.79 Å². The van der Waals surface area contributed by atoms with Gasteiger partial charge in [-0.2, -0.15) is 0 Å². The van der Waals surface area contributed by atoms with Crippen LogP contribution in [0.5, 0.6) is 0 Å². The summed E-state index contributed by atoms with van der Waals surface area (Å²) in [6, 6.07) is 0. The van der Waals surface area contributed by atoms with Gasteiger partial charge in [-0.15, -0.1) is 0 Å². The van der Waals surface area contributed by atoms with Crippen LogP contribution in [0.1, 0.15) is 20.3 Å². The number of amides is 1. The first kappa shape index (κ1) is 11.0. The second-order valence-corrected chi connectivity index (χ2v) is 2.47.